The van der Waals surface area contributed by atoms with E-state index in [1.165, 1.54) is 0 Å². The Morgan fingerprint density at radius 2 is 1.92 bits per heavy atom. The summed E-state index contributed by atoms with van der Waals surface area (Å²) >= 11 is 5.91. The van der Waals surface area contributed by atoms with Crippen LogP contribution in [-0.2, 0) is 12.1 Å². The van der Waals surface area contributed by atoms with Crippen molar-refractivity contribution < 1.29 is 9.84 Å². The molecule has 0 aliphatic rings. The second-order valence-corrected chi connectivity index (χ2v) is 6.31. The summed E-state index contributed by atoms with van der Waals surface area (Å²) in [5, 5.41) is 11.6. The monoisotopic (exact) mass is 342 g/mol. The highest BCUT2D eigenvalue weighted by Crippen LogP contribution is 2.35. The number of ether oxygens (including phenoxy) is 1. The molecule has 0 fully saturated rings. The van der Waals surface area contributed by atoms with Crippen LogP contribution < -0.4 is 4.74 Å². The molecule has 0 spiro atoms. The summed E-state index contributed by atoms with van der Waals surface area (Å²) < 4.78 is 7.89. The van der Waals surface area contributed by atoms with Crippen molar-refractivity contribution >= 4 is 11.6 Å². The zero-order valence-corrected chi connectivity index (χ0v) is 14.1. The molecule has 0 saturated carbocycles. The van der Waals surface area contributed by atoms with Crippen molar-refractivity contribution in [2.75, 3.05) is 0 Å². The minimum absolute atomic E-state index is 0.546. The van der Waals surface area contributed by atoms with Crippen LogP contribution in [0.15, 0.2) is 67.3 Å². The van der Waals surface area contributed by atoms with E-state index in [0.29, 0.717) is 29.5 Å². The molecule has 0 amide bonds. The predicted octanol–water partition coefficient (Wildman–Crippen LogP) is 4.63. The molecule has 0 radical (unpaired) electrons. The number of halogens is 1. The summed E-state index contributed by atoms with van der Waals surface area (Å²) in [6.45, 7) is 2.47. The Labute approximate surface area is 146 Å². The highest BCUT2D eigenvalue weighted by molar-refractivity contribution is 6.30. The molecule has 5 heteroatoms. The van der Waals surface area contributed by atoms with Crippen molar-refractivity contribution in [1.82, 2.24) is 9.55 Å². The topological polar surface area (TPSA) is 47.3 Å². The number of hydrogen-bond acceptors (Lipinski definition) is 3. The first kappa shape index (κ1) is 16.6. The minimum Gasteiger partial charge on any atom is -0.457 e. The predicted molar refractivity (Wildman–Crippen MR) is 94.4 cm³/mol. The lowest BCUT2D eigenvalue weighted by Crippen LogP contribution is -2.23. The number of imidazole rings is 1. The molecule has 3 rings (SSSR count). The minimum atomic E-state index is -1.02. The molecule has 0 bridgehead atoms. The standard InChI is InChI=1S/C19H19ClN2O2/c1-19(23,10-12-22-13-11-21-14-22)17-4-2-3-5-18(17)24-16-8-6-15(20)7-9-16/h2-9,11,13-14,23H,10,12H2,1H3. The van der Waals surface area contributed by atoms with E-state index in [1.54, 1.807) is 43.7 Å². The zero-order chi connectivity index (χ0) is 17.0. The van der Waals surface area contributed by atoms with E-state index >= 15 is 0 Å². The van der Waals surface area contributed by atoms with E-state index in [9.17, 15) is 5.11 Å². The van der Waals surface area contributed by atoms with Crippen molar-refractivity contribution in [1.29, 1.82) is 0 Å². The van der Waals surface area contributed by atoms with Gasteiger partial charge in [0.25, 0.3) is 0 Å². The molecule has 0 aliphatic heterocycles. The number of hydrogen-bond donors (Lipinski definition) is 1. The van der Waals surface area contributed by atoms with Crippen LogP contribution in [0, 0.1) is 0 Å². The van der Waals surface area contributed by atoms with Gasteiger partial charge in [-0.3, -0.25) is 0 Å². The van der Waals surface area contributed by atoms with Gasteiger partial charge in [0, 0.05) is 29.5 Å². The van der Waals surface area contributed by atoms with Gasteiger partial charge in [0.05, 0.1) is 11.9 Å². The van der Waals surface area contributed by atoms with Crippen LogP contribution in [0.4, 0.5) is 0 Å². The van der Waals surface area contributed by atoms with Gasteiger partial charge in [-0.1, -0.05) is 29.8 Å². The number of aryl methyl sites for hydroxylation is 1. The first-order valence-corrected chi connectivity index (χ1v) is 8.13. The molecular formula is C19H19ClN2O2. The number of aromatic nitrogens is 2. The van der Waals surface area contributed by atoms with Crippen LogP contribution >= 0.6 is 11.6 Å². The molecule has 1 heterocycles. The Kier molecular flexibility index (Phi) is 4.88. The maximum atomic E-state index is 11.0. The number of rotatable bonds is 6. The van der Waals surface area contributed by atoms with E-state index < -0.39 is 5.60 Å². The maximum absolute atomic E-state index is 11.0. The fourth-order valence-electron chi connectivity index (χ4n) is 2.53. The number of aliphatic hydroxyl groups is 1. The normalized spacial score (nSPS) is 13.5. The molecule has 0 aliphatic carbocycles. The van der Waals surface area contributed by atoms with Crippen LogP contribution in [0.25, 0.3) is 0 Å². The van der Waals surface area contributed by atoms with Gasteiger partial charge in [0.2, 0.25) is 0 Å². The third-order valence-electron chi connectivity index (χ3n) is 3.92. The number of benzene rings is 2. The average molecular weight is 343 g/mol. The molecule has 2 aromatic carbocycles. The lowest BCUT2D eigenvalue weighted by molar-refractivity contribution is 0.0411. The second kappa shape index (κ2) is 7.07. The molecule has 1 N–H and O–H groups in total. The van der Waals surface area contributed by atoms with Gasteiger partial charge in [0.1, 0.15) is 11.5 Å². The summed E-state index contributed by atoms with van der Waals surface area (Å²) in [5.74, 6) is 1.31. The number of nitrogens with zero attached hydrogens (tertiary/aromatic N) is 2. The lowest BCUT2D eigenvalue weighted by atomic mass is 9.91. The van der Waals surface area contributed by atoms with Crippen molar-refractivity contribution in [3.63, 3.8) is 0 Å². The zero-order valence-electron chi connectivity index (χ0n) is 13.4. The molecule has 4 nitrogen and oxygen atoms in total. The Balaban J connectivity index is 1.80. The second-order valence-electron chi connectivity index (χ2n) is 5.88. The highest BCUT2D eigenvalue weighted by atomic mass is 35.5. The van der Waals surface area contributed by atoms with E-state index in [1.807, 2.05) is 35.0 Å². The van der Waals surface area contributed by atoms with Crippen LogP contribution in [-0.4, -0.2) is 14.7 Å². The quantitative estimate of drug-likeness (QED) is 0.710. The first-order valence-electron chi connectivity index (χ1n) is 7.76. The Hall–Kier alpha value is -2.30. The SMILES string of the molecule is CC(O)(CCn1ccnc1)c1ccccc1Oc1ccc(Cl)cc1. The third-order valence-corrected chi connectivity index (χ3v) is 4.18. The highest BCUT2D eigenvalue weighted by Gasteiger charge is 2.26. The molecule has 1 unspecified atom stereocenters. The van der Waals surface area contributed by atoms with Gasteiger partial charge in [-0.2, -0.15) is 0 Å². The van der Waals surface area contributed by atoms with Crippen LogP contribution in [0.1, 0.15) is 18.9 Å². The van der Waals surface area contributed by atoms with Gasteiger partial charge in [-0.15, -0.1) is 0 Å². The maximum Gasteiger partial charge on any atom is 0.133 e. The Bertz CT molecular complexity index is 783. The summed E-state index contributed by atoms with van der Waals surface area (Å²) in [6, 6.07) is 14.7. The van der Waals surface area contributed by atoms with E-state index in [0.717, 1.165) is 5.56 Å². The van der Waals surface area contributed by atoms with Crippen molar-refractivity contribution in [3.8, 4) is 11.5 Å². The van der Waals surface area contributed by atoms with Crippen LogP contribution in [0.3, 0.4) is 0 Å². The molecule has 24 heavy (non-hydrogen) atoms. The lowest BCUT2D eigenvalue weighted by Gasteiger charge is -2.26. The summed E-state index contributed by atoms with van der Waals surface area (Å²) in [7, 11) is 0. The summed E-state index contributed by atoms with van der Waals surface area (Å²) in [5.41, 5.74) is -0.270. The van der Waals surface area contributed by atoms with Gasteiger partial charge in [-0.05, 0) is 43.7 Å². The Morgan fingerprint density at radius 3 is 2.62 bits per heavy atom. The van der Waals surface area contributed by atoms with Crippen molar-refractivity contribution in [2.24, 2.45) is 0 Å². The van der Waals surface area contributed by atoms with Gasteiger partial charge in [-0.25, -0.2) is 4.98 Å². The van der Waals surface area contributed by atoms with Crippen molar-refractivity contribution in [2.45, 2.75) is 25.5 Å². The van der Waals surface area contributed by atoms with Crippen LogP contribution in [0.5, 0.6) is 11.5 Å². The first-order chi connectivity index (χ1) is 11.5. The largest absolute Gasteiger partial charge is 0.457 e. The Morgan fingerprint density at radius 1 is 1.17 bits per heavy atom. The fourth-order valence-corrected chi connectivity index (χ4v) is 2.66. The van der Waals surface area contributed by atoms with Crippen molar-refractivity contribution in [3.05, 3.63) is 77.8 Å². The van der Waals surface area contributed by atoms with E-state index in [4.69, 9.17) is 16.3 Å². The van der Waals surface area contributed by atoms with Gasteiger partial charge >= 0.3 is 0 Å². The third kappa shape index (κ3) is 3.96. The summed E-state index contributed by atoms with van der Waals surface area (Å²) in [6.07, 6.45) is 5.90. The average Bonchev–Trinajstić information content (AvgIpc) is 3.09. The fraction of sp³-hybridized carbons (Fsp3) is 0.211. The number of para-hydroxylation sites is 1. The molecule has 1 aromatic heterocycles. The smallest absolute Gasteiger partial charge is 0.133 e. The van der Waals surface area contributed by atoms with E-state index in [2.05, 4.69) is 4.98 Å². The van der Waals surface area contributed by atoms with Gasteiger partial charge in [0.15, 0.2) is 0 Å². The molecule has 124 valence electrons. The van der Waals surface area contributed by atoms with Gasteiger partial charge < -0.3 is 14.4 Å². The van der Waals surface area contributed by atoms with E-state index in [-0.39, 0.29) is 0 Å². The molecule has 1 atom stereocenters. The summed E-state index contributed by atoms with van der Waals surface area (Å²) in [4.78, 5) is 4.02. The molecular weight excluding hydrogens is 324 g/mol. The van der Waals surface area contributed by atoms with Crippen LogP contribution in [0.2, 0.25) is 5.02 Å². The molecule has 3 aromatic rings. The molecule has 0 saturated heterocycles.